The number of hydrogen-bond donors (Lipinski definition) is 2. The van der Waals surface area contributed by atoms with Gasteiger partial charge in [0.2, 0.25) is 0 Å². The van der Waals surface area contributed by atoms with Crippen LogP contribution in [0, 0.1) is 5.92 Å². The largest absolute Gasteiger partial charge is 0.359 e. The molecule has 104 valence electrons. The molecule has 0 aliphatic rings. The van der Waals surface area contributed by atoms with E-state index < -0.39 is 10.1 Å². The number of nitrogens with one attached hydrogen (secondary N) is 1. The summed E-state index contributed by atoms with van der Waals surface area (Å²) in [5.74, 6) is -0.317. The van der Waals surface area contributed by atoms with Crippen molar-refractivity contribution < 1.29 is 17.8 Å². The lowest BCUT2D eigenvalue weighted by molar-refractivity contribution is -0.120. The summed E-state index contributed by atoms with van der Waals surface area (Å²) in [7, 11) is -4.24. The molecule has 2 N–H and O–H groups in total. The van der Waals surface area contributed by atoms with E-state index in [0.717, 1.165) is 0 Å². The van der Waals surface area contributed by atoms with E-state index in [2.05, 4.69) is 11.9 Å². The minimum absolute atomic E-state index is 0.0448. The van der Waals surface area contributed by atoms with Gasteiger partial charge in [0, 0.05) is 17.8 Å². The van der Waals surface area contributed by atoms with Crippen LogP contribution in [0.15, 0.2) is 41.4 Å². The molecule has 0 aliphatic carbocycles. The van der Waals surface area contributed by atoms with E-state index in [4.69, 9.17) is 4.55 Å². The fourth-order valence-corrected chi connectivity index (χ4v) is 2.05. The highest BCUT2D eigenvalue weighted by molar-refractivity contribution is 7.85. The van der Waals surface area contributed by atoms with E-state index in [0.29, 0.717) is 17.8 Å². The van der Waals surface area contributed by atoms with Crippen molar-refractivity contribution in [3.8, 4) is 0 Å². The average Bonchev–Trinajstić information content (AvgIpc) is 2.36. The average molecular weight is 283 g/mol. The summed E-state index contributed by atoms with van der Waals surface area (Å²) < 4.78 is 31.0. The summed E-state index contributed by atoms with van der Waals surface area (Å²) >= 11 is 0. The van der Waals surface area contributed by atoms with Crippen LogP contribution in [0.2, 0.25) is 0 Å². The molecule has 0 heterocycles. The normalized spacial score (nSPS) is 12.8. The Balaban J connectivity index is 2.89. The molecule has 0 aromatic heterocycles. The van der Waals surface area contributed by atoms with Crippen molar-refractivity contribution in [3.05, 3.63) is 36.5 Å². The molecule has 6 heteroatoms. The highest BCUT2D eigenvalue weighted by atomic mass is 32.2. The number of ketones is 1. The van der Waals surface area contributed by atoms with Crippen LogP contribution in [0.3, 0.4) is 0 Å². The summed E-state index contributed by atoms with van der Waals surface area (Å²) in [6.45, 7) is 7.27. The minimum Gasteiger partial charge on any atom is -0.359 e. The van der Waals surface area contributed by atoms with Gasteiger partial charge in [-0.25, -0.2) is 0 Å². The fourth-order valence-electron chi connectivity index (χ4n) is 1.53. The quantitative estimate of drug-likeness (QED) is 0.784. The number of hydrogen-bond acceptors (Lipinski definition) is 4. The Morgan fingerprint density at radius 3 is 2.63 bits per heavy atom. The first-order valence-electron chi connectivity index (χ1n) is 5.81. The van der Waals surface area contributed by atoms with E-state index in [1.807, 2.05) is 0 Å². The predicted octanol–water partition coefficient (Wildman–Crippen LogP) is 2.47. The van der Waals surface area contributed by atoms with Gasteiger partial charge >= 0.3 is 0 Å². The van der Waals surface area contributed by atoms with Gasteiger partial charge in [0.15, 0.2) is 0 Å². The molecule has 0 radical (unpaired) electrons. The molecule has 1 atom stereocenters. The Bertz CT molecular complexity index is 592. The Morgan fingerprint density at radius 2 is 2.11 bits per heavy atom. The number of carbonyl (C=O) groups excluding carboxylic acids is 1. The molecule has 0 bridgehead atoms. The van der Waals surface area contributed by atoms with Crippen molar-refractivity contribution in [2.75, 3.05) is 5.32 Å². The van der Waals surface area contributed by atoms with Crippen molar-refractivity contribution in [1.82, 2.24) is 0 Å². The van der Waals surface area contributed by atoms with Gasteiger partial charge in [-0.3, -0.25) is 9.35 Å². The third-order valence-electron chi connectivity index (χ3n) is 2.79. The Labute approximate surface area is 113 Å². The molecule has 5 nitrogen and oxygen atoms in total. The number of benzene rings is 1. The van der Waals surface area contributed by atoms with Gasteiger partial charge in [0.25, 0.3) is 10.1 Å². The van der Waals surface area contributed by atoms with Gasteiger partial charge in [-0.15, -0.1) is 0 Å². The van der Waals surface area contributed by atoms with Crippen LogP contribution in [-0.2, 0) is 14.9 Å². The zero-order chi connectivity index (χ0) is 14.6. The molecular weight excluding hydrogens is 266 g/mol. The molecule has 0 aliphatic heterocycles. The van der Waals surface area contributed by atoms with E-state index in [1.165, 1.54) is 18.2 Å². The van der Waals surface area contributed by atoms with Crippen molar-refractivity contribution in [2.45, 2.75) is 25.2 Å². The summed E-state index contributed by atoms with van der Waals surface area (Å²) in [6.07, 6.45) is 0.410. The molecule has 1 unspecified atom stereocenters. The molecule has 0 saturated heterocycles. The minimum atomic E-state index is -4.24. The first-order chi connectivity index (χ1) is 8.75. The van der Waals surface area contributed by atoms with Crippen LogP contribution in [0.5, 0.6) is 0 Å². The highest BCUT2D eigenvalue weighted by Crippen LogP contribution is 2.19. The van der Waals surface area contributed by atoms with E-state index in [-0.39, 0.29) is 16.6 Å². The third-order valence-corrected chi connectivity index (χ3v) is 3.64. The molecule has 19 heavy (non-hydrogen) atoms. The first-order valence-corrected chi connectivity index (χ1v) is 7.25. The van der Waals surface area contributed by atoms with Crippen molar-refractivity contribution in [3.63, 3.8) is 0 Å². The van der Waals surface area contributed by atoms with E-state index in [9.17, 15) is 13.2 Å². The number of carbonyl (C=O) groups is 1. The number of allylic oxidation sites excluding steroid dienone is 1. The maximum atomic E-state index is 11.5. The summed E-state index contributed by atoms with van der Waals surface area (Å²) in [6, 6.07) is 5.68. The van der Waals surface area contributed by atoms with Gasteiger partial charge < -0.3 is 5.32 Å². The van der Waals surface area contributed by atoms with Crippen LogP contribution in [0.4, 0.5) is 5.69 Å². The maximum absolute atomic E-state index is 11.5. The highest BCUT2D eigenvalue weighted by Gasteiger charge is 2.15. The zero-order valence-electron chi connectivity index (χ0n) is 10.9. The monoisotopic (exact) mass is 283 g/mol. The summed E-state index contributed by atoms with van der Waals surface area (Å²) in [4.78, 5) is 11.3. The molecule has 0 fully saturated rings. The van der Waals surface area contributed by atoms with Crippen LogP contribution in [0.25, 0.3) is 0 Å². The Morgan fingerprint density at radius 1 is 1.47 bits per heavy atom. The number of anilines is 1. The molecule has 1 aromatic rings. The summed E-state index contributed by atoms with van der Waals surface area (Å²) in [5, 5.41) is 2.88. The standard InChI is InChI=1S/C13H17NO4S/c1-4-13(15)9(2)10(3)14-11-6-5-7-12(8-11)19(16,17)18/h5-9,14H,3-4H2,1-2H3,(H,16,17,18). The first kappa shape index (κ1) is 15.4. The van der Waals surface area contributed by atoms with E-state index in [1.54, 1.807) is 19.9 Å². The fraction of sp³-hybridized carbons (Fsp3) is 0.308. The van der Waals surface area contributed by atoms with Gasteiger partial charge in [-0.1, -0.05) is 19.6 Å². The zero-order valence-corrected chi connectivity index (χ0v) is 11.7. The van der Waals surface area contributed by atoms with Gasteiger partial charge in [-0.05, 0) is 25.1 Å². The van der Waals surface area contributed by atoms with Crippen molar-refractivity contribution >= 4 is 21.6 Å². The van der Waals surface area contributed by atoms with Crippen LogP contribution < -0.4 is 5.32 Å². The second-order valence-electron chi connectivity index (χ2n) is 4.19. The second-order valence-corrected chi connectivity index (χ2v) is 5.62. The molecular formula is C13H17NO4S. The maximum Gasteiger partial charge on any atom is 0.294 e. The topological polar surface area (TPSA) is 83.5 Å². The SMILES string of the molecule is C=C(Nc1cccc(S(=O)(=O)O)c1)C(C)C(=O)CC. The van der Waals surface area contributed by atoms with Crippen LogP contribution >= 0.6 is 0 Å². The molecule has 1 rings (SSSR count). The number of rotatable bonds is 6. The lowest BCUT2D eigenvalue weighted by Gasteiger charge is -2.15. The molecule has 0 saturated carbocycles. The van der Waals surface area contributed by atoms with Gasteiger partial charge in [0.05, 0.1) is 10.8 Å². The predicted molar refractivity (Wildman–Crippen MR) is 73.5 cm³/mol. The van der Waals surface area contributed by atoms with Crippen molar-refractivity contribution in [2.24, 2.45) is 5.92 Å². The Kier molecular flexibility index (Phi) is 4.85. The summed E-state index contributed by atoms with van der Waals surface area (Å²) in [5.41, 5.74) is 0.940. The Hall–Kier alpha value is -1.66. The molecule has 0 amide bonds. The van der Waals surface area contributed by atoms with Crippen LogP contribution in [-0.4, -0.2) is 18.8 Å². The van der Waals surface area contributed by atoms with Crippen molar-refractivity contribution in [1.29, 1.82) is 0 Å². The lowest BCUT2D eigenvalue weighted by Crippen LogP contribution is -2.16. The van der Waals surface area contributed by atoms with Crippen LogP contribution in [0.1, 0.15) is 20.3 Å². The lowest BCUT2D eigenvalue weighted by atomic mass is 10.0. The van der Waals surface area contributed by atoms with E-state index >= 15 is 0 Å². The smallest absolute Gasteiger partial charge is 0.294 e. The number of Topliss-reactive ketones (excluding diaryl/α,β-unsaturated/α-hetero) is 1. The van der Waals surface area contributed by atoms with Gasteiger partial charge in [-0.2, -0.15) is 8.42 Å². The third kappa shape index (κ3) is 4.18. The van der Waals surface area contributed by atoms with Gasteiger partial charge in [0.1, 0.15) is 5.78 Å². The second kappa shape index (κ2) is 5.99. The molecule has 0 spiro atoms. The molecule has 1 aromatic carbocycles.